The number of nitrogens with zero attached hydrogens (tertiary/aromatic N) is 1. The maximum atomic E-state index is 11.1. The monoisotopic (exact) mass is 332 g/mol. The summed E-state index contributed by atoms with van der Waals surface area (Å²) in [6.45, 7) is 5.40. The van der Waals surface area contributed by atoms with Crippen molar-refractivity contribution in [3.8, 4) is 0 Å². The predicted octanol–water partition coefficient (Wildman–Crippen LogP) is 2.51. The van der Waals surface area contributed by atoms with Crippen LogP contribution in [0.5, 0.6) is 0 Å². The SMILES string of the molecule is O=C(O)c1cccc(CNCC2(N3CCOCC3)CCCCC2)c1. The Bertz CT molecular complexity index is 549. The zero-order valence-electron chi connectivity index (χ0n) is 14.3. The lowest BCUT2D eigenvalue weighted by Crippen LogP contribution is -2.59. The van der Waals surface area contributed by atoms with Crippen molar-refractivity contribution in [3.63, 3.8) is 0 Å². The Morgan fingerprint density at radius 3 is 2.67 bits per heavy atom. The van der Waals surface area contributed by atoms with Gasteiger partial charge < -0.3 is 15.2 Å². The van der Waals surface area contributed by atoms with Crippen molar-refractivity contribution in [1.29, 1.82) is 0 Å². The van der Waals surface area contributed by atoms with E-state index in [1.165, 1.54) is 32.1 Å². The largest absolute Gasteiger partial charge is 0.478 e. The molecule has 1 aromatic rings. The van der Waals surface area contributed by atoms with Crippen molar-refractivity contribution in [2.24, 2.45) is 0 Å². The van der Waals surface area contributed by atoms with Crippen LogP contribution in [0.3, 0.4) is 0 Å². The Kier molecular flexibility index (Phi) is 5.87. The number of aromatic carboxylic acids is 1. The van der Waals surface area contributed by atoms with Crippen molar-refractivity contribution < 1.29 is 14.6 Å². The van der Waals surface area contributed by atoms with E-state index in [0.717, 1.165) is 38.4 Å². The maximum Gasteiger partial charge on any atom is 0.335 e. The fourth-order valence-corrected chi connectivity index (χ4v) is 4.11. The Labute approximate surface area is 144 Å². The van der Waals surface area contributed by atoms with Gasteiger partial charge in [0, 0.05) is 31.7 Å². The molecule has 1 aromatic carbocycles. The van der Waals surface area contributed by atoms with Gasteiger partial charge in [-0.15, -0.1) is 0 Å². The van der Waals surface area contributed by atoms with Gasteiger partial charge in [0.25, 0.3) is 0 Å². The molecule has 0 amide bonds. The Balaban J connectivity index is 1.61. The van der Waals surface area contributed by atoms with Crippen LogP contribution >= 0.6 is 0 Å². The Morgan fingerprint density at radius 2 is 1.96 bits per heavy atom. The van der Waals surface area contributed by atoms with Gasteiger partial charge in [0.2, 0.25) is 0 Å². The molecule has 0 bridgehead atoms. The number of rotatable bonds is 6. The first-order chi connectivity index (χ1) is 11.7. The molecule has 3 rings (SSSR count). The number of carboxylic acids is 1. The Morgan fingerprint density at radius 1 is 1.21 bits per heavy atom. The summed E-state index contributed by atoms with van der Waals surface area (Å²) < 4.78 is 5.53. The van der Waals surface area contributed by atoms with Crippen molar-refractivity contribution in [2.45, 2.75) is 44.2 Å². The van der Waals surface area contributed by atoms with Crippen LogP contribution in [0.4, 0.5) is 0 Å². The molecule has 2 fully saturated rings. The molecule has 0 atom stereocenters. The predicted molar refractivity (Wildman–Crippen MR) is 93.3 cm³/mol. The average Bonchev–Trinajstić information content (AvgIpc) is 2.63. The van der Waals surface area contributed by atoms with Crippen LogP contribution < -0.4 is 5.32 Å². The van der Waals surface area contributed by atoms with E-state index in [1.807, 2.05) is 12.1 Å². The molecule has 132 valence electrons. The number of hydrogen-bond acceptors (Lipinski definition) is 4. The zero-order chi connectivity index (χ0) is 16.8. The highest BCUT2D eigenvalue weighted by Crippen LogP contribution is 2.33. The van der Waals surface area contributed by atoms with Crippen molar-refractivity contribution in [1.82, 2.24) is 10.2 Å². The third kappa shape index (κ3) is 4.15. The van der Waals surface area contributed by atoms with Gasteiger partial charge in [0.15, 0.2) is 0 Å². The fourth-order valence-electron chi connectivity index (χ4n) is 4.11. The number of nitrogens with one attached hydrogen (secondary N) is 1. The van der Waals surface area contributed by atoms with Crippen LogP contribution in [0.1, 0.15) is 48.0 Å². The quantitative estimate of drug-likeness (QED) is 0.838. The van der Waals surface area contributed by atoms with Gasteiger partial charge in [-0.2, -0.15) is 0 Å². The van der Waals surface area contributed by atoms with E-state index in [-0.39, 0.29) is 5.54 Å². The van der Waals surface area contributed by atoms with E-state index in [0.29, 0.717) is 12.1 Å². The minimum absolute atomic E-state index is 0.242. The second-order valence-corrected chi connectivity index (χ2v) is 6.99. The van der Waals surface area contributed by atoms with E-state index in [1.54, 1.807) is 12.1 Å². The van der Waals surface area contributed by atoms with Crippen LogP contribution in [-0.2, 0) is 11.3 Å². The molecular formula is C19H28N2O3. The minimum Gasteiger partial charge on any atom is -0.478 e. The highest BCUT2D eigenvalue weighted by atomic mass is 16.5. The van der Waals surface area contributed by atoms with Crippen LogP contribution in [0.15, 0.2) is 24.3 Å². The molecule has 2 N–H and O–H groups in total. The molecule has 1 aliphatic carbocycles. The van der Waals surface area contributed by atoms with Gasteiger partial charge in [0.1, 0.15) is 0 Å². The van der Waals surface area contributed by atoms with Crippen LogP contribution in [0.25, 0.3) is 0 Å². The van der Waals surface area contributed by atoms with E-state index in [4.69, 9.17) is 9.84 Å². The van der Waals surface area contributed by atoms with Crippen molar-refractivity contribution >= 4 is 5.97 Å². The van der Waals surface area contributed by atoms with E-state index < -0.39 is 5.97 Å². The second kappa shape index (κ2) is 8.10. The van der Waals surface area contributed by atoms with Crippen LogP contribution in [0, 0.1) is 0 Å². The fraction of sp³-hybridized carbons (Fsp3) is 0.632. The van der Waals surface area contributed by atoms with E-state index >= 15 is 0 Å². The third-order valence-corrected chi connectivity index (χ3v) is 5.42. The number of ether oxygens (including phenoxy) is 1. The molecule has 1 saturated carbocycles. The van der Waals surface area contributed by atoms with Crippen LogP contribution in [0.2, 0.25) is 0 Å². The van der Waals surface area contributed by atoms with Gasteiger partial charge in [-0.05, 0) is 30.5 Å². The summed E-state index contributed by atoms with van der Waals surface area (Å²) in [5.41, 5.74) is 1.63. The molecule has 0 spiro atoms. The van der Waals surface area contributed by atoms with Crippen molar-refractivity contribution in [3.05, 3.63) is 35.4 Å². The molecule has 1 aliphatic heterocycles. The lowest BCUT2D eigenvalue weighted by atomic mass is 9.79. The highest BCUT2D eigenvalue weighted by Gasteiger charge is 2.38. The number of carbonyl (C=O) groups is 1. The average molecular weight is 332 g/mol. The second-order valence-electron chi connectivity index (χ2n) is 6.99. The minimum atomic E-state index is -0.867. The van der Waals surface area contributed by atoms with Gasteiger partial charge in [0.05, 0.1) is 18.8 Å². The van der Waals surface area contributed by atoms with Crippen LogP contribution in [-0.4, -0.2) is 54.4 Å². The summed E-state index contributed by atoms with van der Waals surface area (Å²) in [6, 6.07) is 7.21. The third-order valence-electron chi connectivity index (χ3n) is 5.42. The molecule has 0 radical (unpaired) electrons. The molecule has 1 saturated heterocycles. The Hall–Kier alpha value is -1.43. The molecule has 2 aliphatic rings. The number of carboxylic acid groups (broad SMARTS) is 1. The van der Waals surface area contributed by atoms with E-state index in [9.17, 15) is 4.79 Å². The van der Waals surface area contributed by atoms with Gasteiger partial charge >= 0.3 is 5.97 Å². The first-order valence-electron chi connectivity index (χ1n) is 9.05. The van der Waals surface area contributed by atoms with Crippen molar-refractivity contribution in [2.75, 3.05) is 32.8 Å². The molecular weight excluding hydrogens is 304 g/mol. The first-order valence-corrected chi connectivity index (χ1v) is 9.05. The van der Waals surface area contributed by atoms with Gasteiger partial charge in [-0.1, -0.05) is 31.4 Å². The van der Waals surface area contributed by atoms with E-state index in [2.05, 4.69) is 10.2 Å². The van der Waals surface area contributed by atoms with Gasteiger partial charge in [-0.25, -0.2) is 4.79 Å². The summed E-state index contributed by atoms with van der Waals surface area (Å²) >= 11 is 0. The zero-order valence-corrected chi connectivity index (χ0v) is 14.3. The smallest absolute Gasteiger partial charge is 0.335 e. The lowest BCUT2D eigenvalue weighted by molar-refractivity contribution is -0.0369. The standard InChI is InChI=1S/C19H28N2O3/c22-18(23)17-6-4-5-16(13-17)14-20-15-19(7-2-1-3-8-19)21-9-11-24-12-10-21/h4-6,13,20H,1-3,7-12,14-15H2,(H,22,23). The topological polar surface area (TPSA) is 61.8 Å². The lowest BCUT2D eigenvalue weighted by Gasteiger charge is -2.48. The van der Waals surface area contributed by atoms with Gasteiger partial charge in [-0.3, -0.25) is 4.90 Å². The maximum absolute atomic E-state index is 11.1. The first kappa shape index (κ1) is 17.4. The molecule has 5 heteroatoms. The molecule has 1 heterocycles. The molecule has 24 heavy (non-hydrogen) atoms. The molecule has 0 unspecified atom stereocenters. The number of morpholine rings is 1. The summed E-state index contributed by atoms with van der Waals surface area (Å²) in [6.07, 6.45) is 6.43. The summed E-state index contributed by atoms with van der Waals surface area (Å²) in [4.78, 5) is 13.7. The summed E-state index contributed by atoms with van der Waals surface area (Å²) in [5, 5.41) is 12.7. The molecule has 0 aromatic heterocycles. The summed E-state index contributed by atoms with van der Waals surface area (Å²) in [5.74, 6) is -0.867. The number of benzene rings is 1. The normalized spacial score (nSPS) is 21.5. The number of hydrogen-bond donors (Lipinski definition) is 2. The molecule has 5 nitrogen and oxygen atoms in total. The highest BCUT2D eigenvalue weighted by molar-refractivity contribution is 5.87. The summed E-state index contributed by atoms with van der Waals surface area (Å²) in [7, 11) is 0.